The van der Waals surface area contributed by atoms with Crippen molar-refractivity contribution in [3.63, 3.8) is 0 Å². The zero-order valence-electron chi connectivity index (χ0n) is 14.9. The summed E-state index contributed by atoms with van der Waals surface area (Å²) >= 11 is 3.61. The van der Waals surface area contributed by atoms with Gasteiger partial charge in [0, 0.05) is 28.0 Å². The summed E-state index contributed by atoms with van der Waals surface area (Å²) in [5, 5.41) is 6.74. The summed E-state index contributed by atoms with van der Waals surface area (Å²) in [5.74, 6) is -0.334. The van der Waals surface area contributed by atoms with Crippen LogP contribution in [0.15, 0.2) is 46.9 Å². The predicted octanol–water partition coefficient (Wildman–Crippen LogP) is 4.62. The van der Waals surface area contributed by atoms with Crippen LogP contribution in [0.4, 0.5) is 11.4 Å². The maximum atomic E-state index is 12.7. The molecule has 3 aromatic rings. The SMILES string of the molecule is CC(=O)Nc1ccc(C)cc1NC(=O)Cn1c(C)c(Br)c2ccccc21. The van der Waals surface area contributed by atoms with E-state index in [0.29, 0.717) is 11.4 Å². The van der Waals surface area contributed by atoms with E-state index in [1.165, 1.54) is 6.92 Å². The largest absolute Gasteiger partial charge is 0.334 e. The van der Waals surface area contributed by atoms with Gasteiger partial charge in [0.05, 0.1) is 11.4 Å². The molecule has 1 heterocycles. The number of aromatic nitrogens is 1. The van der Waals surface area contributed by atoms with Gasteiger partial charge in [-0.05, 0) is 53.5 Å². The zero-order valence-corrected chi connectivity index (χ0v) is 16.5. The number of carbonyl (C=O) groups is 2. The molecular weight excluding hydrogens is 394 g/mol. The monoisotopic (exact) mass is 413 g/mol. The van der Waals surface area contributed by atoms with Crippen LogP contribution in [0.5, 0.6) is 0 Å². The lowest BCUT2D eigenvalue weighted by Crippen LogP contribution is -2.20. The van der Waals surface area contributed by atoms with Crippen molar-refractivity contribution in [2.75, 3.05) is 10.6 Å². The number of carbonyl (C=O) groups excluding carboxylic acids is 2. The third-order valence-electron chi connectivity index (χ3n) is 4.22. The number of hydrogen-bond donors (Lipinski definition) is 2. The summed E-state index contributed by atoms with van der Waals surface area (Å²) in [6.45, 7) is 5.55. The van der Waals surface area contributed by atoms with Gasteiger partial charge >= 0.3 is 0 Å². The van der Waals surface area contributed by atoms with Crippen LogP contribution in [0.2, 0.25) is 0 Å². The molecule has 1 aromatic heterocycles. The molecule has 134 valence electrons. The Morgan fingerprint density at radius 3 is 2.50 bits per heavy atom. The van der Waals surface area contributed by atoms with Crippen molar-refractivity contribution in [3.8, 4) is 0 Å². The van der Waals surface area contributed by atoms with Gasteiger partial charge in [-0.2, -0.15) is 0 Å². The average molecular weight is 414 g/mol. The van der Waals surface area contributed by atoms with Gasteiger partial charge in [0.2, 0.25) is 11.8 Å². The second kappa shape index (κ2) is 7.33. The van der Waals surface area contributed by atoms with Crippen molar-refractivity contribution in [1.29, 1.82) is 0 Å². The van der Waals surface area contributed by atoms with Gasteiger partial charge < -0.3 is 15.2 Å². The fourth-order valence-corrected chi connectivity index (χ4v) is 3.54. The molecule has 26 heavy (non-hydrogen) atoms. The number of para-hydroxylation sites is 1. The first-order valence-electron chi connectivity index (χ1n) is 8.28. The molecule has 0 aliphatic carbocycles. The number of anilines is 2. The minimum atomic E-state index is -0.180. The normalized spacial score (nSPS) is 10.8. The molecule has 2 aromatic carbocycles. The average Bonchev–Trinajstić information content (AvgIpc) is 2.82. The van der Waals surface area contributed by atoms with E-state index in [0.717, 1.165) is 26.6 Å². The molecule has 5 nitrogen and oxygen atoms in total. The van der Waals surface area contributed by atoms with Crippen LogP contribution < -0.4 is 10.6 Å². The zero-order chi connectivity index (χ0) is 18.8. The summed E-state index contributed by atoms with van der Waals surface area (Å²) in [5.41, 5.74) is 4.18. The number of rotatable bonds is 4. The van der Waals surface area contributed by atoms with Gasteiger partial charge in [0.15, 0.2) is 0 Å². The van der Waals surface area contributed by atoms with E-state index in [-0.39, 0.29) is 18.4 Å². The molecule has 0 saturated carbocycles. The van der Waals surface area contributed by atoms with E-state index in [2.05, 4.69) is 26.6 Å². The number of nitrogens with one attached hydrogen (secondary N) is 2. The van der Waals surface area contributed by atoms with Gasteiger partial charge in [-0.25, -0.2) is 0 Å². The summed E-state index contributed by atoms with van der Waals surface area (Å²) in [6.07, 6.45) is 0. The maximum absolute atomic E-state index is 12.7. The first-order chi connectivity index (χ1) is 12.4. The van der Waals surface area contributed by atoms with Crippen molar-refractivity contribution >= 4 is 50.0 Å². The number of halogens is 1. The molecule has 0 unspecified atom stereocenters. The van der Waals surface area contributed by atoms with Crippen LogP contribution in [0.25, 0.3) is 10.9 Å². The molecule has 6 heteroatoms. The molecule has 0 spiro atoms. The first kappa shape index (κ1) is 18.2. The van der Waals surface area contributed by atoms with Crippen molar-refractivity contribution in [2.45, 2.75) is 27.3 Å². The highest BCUT2D eigenvalue weighted by Gasteiger charge is 2.15. The number of amides is 2. The highest BCUT2D eigenvalue weighted by molar-refractivity contribution is 9.10. The van der Waals surface area contributed by atoms with Gasteiger partial charge in [0.1, 0.15) is 6.54 Å². The van der Waals surface area contributed by atoms with Crippen LogP contribution in [0.3, 0.4) is 0 Å². The smallest absolute Gasteiger partial charge is 0.244 e. The number of fused-ring (bicyclic) bond motifs is 1. The van der Waals surface area contributed by atoms with E-state index in [9.17, 15) is 9.59 Å². The Morgan fingerprint density at radius 2 is 1.77 bits per heavy atom. The molecule has 3 rings (SSSR count). The van der Waals surface area contributed by atoms with Crippen molar-refractivity contribution in [2.24, 2.45) is 0 Å². The molecule has 0 aliphatic heterocycles. The highest BCUT2D eigenvalue weighted by atomic mass is 79.9. The van der Waals surface area contributed by atoms with Crippen LogP contribution in [0, 0.1) is 13.8 Å². The third kappa shape index (κ3) is 3.65. The summed E-state index contributed by atoms with van der Waals surface area (Å²) < 4.78 is 2.97. The quantitative estimate of drug-likeness (QED) is 0.655. The second-order valence-corrected chi connectivity index (χ2v) is 7.07. The number of benzene rings is 2. The fraction of sp³-hybridized carbons (Fsp3) is 0.200. The van der Waals surface area contributed by atoms with E-state index in [4.69, 9.17) is 0 Å². The minimum Gasteiger partial charge on any atom is -0.334 e. The second-order valence-electron chi connectivity index (χ2n) is 6.28. The number of nitrogens with zero attached hydrogens (tertiary/aromatic N) is 1. The van der Waals surface area contributed by atoms with Crippen LogP contribution in [0.1, 0.15) is 18.2 Å². The summed E-state index contributed by atoms with van der Waals surface area (Å²) in [4.78, 5) is 24.1. The highest BCUT2D eigenvalue weighted by Crippen LogP contribution is 2.30. The summed E-state index contributed by atoms with van der Waals surface area (Å²) in [6, 6.07) is 13.5. The topological polar surface area (TPSA) is 63.1 Å². The maximum Gasteiger partial charge on any atom is 0.244 e. The molecular formula is C20H20BrN3O2. The lowest BCUT2D eigenvalue weighted by atomic mass is 10.2. The summed E-state index contributed by atoms with van der Waals surface area (Å²) in [7, 11) is 0. The Kier molecular flexibility index (Phi) is 5.13. The molecule has 0 radical (unpaired) electrons. The third-order valence-corrected chi connectivity index (χ3v) is 5.22. The van der Waals surface area contributed by atoms with E-state index < -0.39 is 0 Å². The standard InChI is InChI=1S/C20H20BrN3O2/c1-12-8-9-16(22-14(3)25)17(10-12)23-19(26)11-24-13(2)20(21)15-6-4-5-7-18(15)24/h4-10H,11H2,1-3H3,(H,22,25)(H,23,26). The van der Waals surface area contributed by atoms with Gasteiger partial charge in [-0.15, -0.1) is 0 Å². The van der Waals surface area contributed by atoms with Gasteiger partial charge in [0.25, 0.3) is 0 Å². The van der Waals surface area contributed by atoms with Crippen LogP contribution in [-0.4, -0.2) is 16.4 Å². The van der Waals surface area contributed by atoms with Crippen molar-refractivity contribution < 1.29 is 9.59 Å². The lowest BCUT2D eigenvalue weighted by molar-refractivity contribution is -0.117. The first-order valence-corrected chi connectivity index (χ1v) is 9.07. The molecule has 0 fully saturated rings. The molecule has 0 aliphatic rings. The number of hydrogen-bond acceptors (Lipinski definition) is 2. The Morgan fingerprint density at radius 1 is 1.04 bits per heavy atom. The Labute approximate surface area is 160 Å². The fourth-order valence-electron chi connectivity index (χ4n) is 2.99. The molecule has 2 N–H and O–H groups in total. The lowest BCUT2D eigenvalue weighted by Gasteiger charge is -2.14. The number of aryl methyl sites for hydroxylation is 1. The molecule has 0 saturated heterocycles. The van der Waals surface area contributed by atoms with Crippen molar-refractivity contribution in [1.82, 2.24) is 4.57 Å². The van der Waals surface area contributed by atoms with Crippen molar-refractivity contribution in [3.05, 3.63) is 58.2 Å². The minimum absolute atomic E-state index is 0.154. The molecule has 0 atom stereocenters. The Bertz CT molecular complexity index is 1010. The predicted molar refractivity (Wildman–Crippen MR) is 108 cm³/mol. The molecule has 0 bridgehead atoms. The van der Waals surface area contributed by atoms with E-state index in [1.807, 2.05) is 54.8 Å². The Balaban J connectivity index is 1.88. The molecule has 2 amide bonds. The van der Waals surface area contributed by atoms with Gasteiger partial charge in [-0.3, -0.25) is 9.59 Å². The Hall–Kier alpha value is -2.60. The van der Waals surface area contributed by atoms with E-state index in [1.54, 1.807) is 6.07 Å². The van der Waals surface area contributed by atoms with Crippen LogP contribution >= 0.6 is 15.9 Å². The van der Waals surface area contributed by atoms with Gasteiger partial charge in [-0.1, -0.05) is 24.3 Å². The van der Waals surface area contributed by atoms with Crippen LogP contribution in [-0.2, 0) is 16.1 Å². The van der Waals surface area contributed by atoms with E-state index >= 15 is 0 Å².